The van der Waals surface area contributed by atoms with Crippen molar-refractivity contribution < 1.29 is 42.9 Å². The number of hydrogen-bond donors (Lipinski definition) is 4. The number of imidazole rings is 1. The zero-order chi connectivity index (χ0) is 28.7. The van der Waals surface area contributed by atoms with Gasteiger partial charge >= 0.3 is 18.2 Å². The lowest BCUT2D eigenvalue weighted by Gasteiger charge is -2.35. The van der Waals surface area contributed by atoms with Crippen LogP contribution in [0, 0.1) is 6.92 Å². The molecule has 2 amide bonds. The van der Waals surface area contributed by atoms with Gasteiger partial charge in [0.2, 0.25) is 5.95 Å². The number of amides is 2. The van der Waals surface area contributed by atoms with E-state index in [0.717, 1.165) is 10.5 Å². The predicted molar refractivity (Wildman–Crippen MR) is 134 cm³/mol. The van der Waals surface area contributed by atoms with Crippen LogP contribution >= 0.6 is 0 Å². The molecular formula is C26H21F3N4O6. The Morgan fingerprint density at radius 1 is 1.03 bits per heavy atom. The summed E-state index contributed by atoms with van der Waals surface area (Å²) in [6, 6.07) is 19.5. The number of nitrogens with one attached hydrogen (secondary N) is 1. The Hall–Kier alpha value is -4.91. The molecule has 1 atom stereocenters. The molecule has 4 N–H and O–H groups in total. The van der Waals surface area contributed by atoms with E-state index in [1.807, 2.05) is 25.1 Å². The number of hydrogen-bond acceptors (Lipinski definition) is 5. The third-order valence-corrected chi connectivity index (χ3v) is 6.14. The van der Waals surface area contributed by atoms with Gasteiger partial charge in [0.25, 0.3) is 5.91 Å². The van der Waals surface area contributed by atoms with E-state index in [1.54, 1.807) is 48.5 Å². The fourth-order valence-electron chi connectivity index (χ4n) is 4.21. The Labute approximate surface area is 218 Å². The highest BCUT2D eigenvalue weighted by Crippen LogP contribution is 2.46. The smallest absolute Gasteiger partial charge is 0.475 e. The molecule has 0 saturated heterocycles. The van der Waals surface area contributed by atoms with Gasteiger partial charge in [-0.2, -0.15) is 13.2 Å². The van der Waals surface area contributed by atoms with Gasteiger partial charge in [0, 0.05) is 23.7 Å². The Balaban J connectivity index is 0.000000448. The van der Waals surface area contributed by atoms with Gasteiger partial charge in [-0.25, -0.2) is 14.6 Å². The number of H-pyrrole nitrogens is 1. The van der Waals surface area contributed by atoms with Crippen molar-refractivity contribution in [2.24, 2.45) is 0 Å². The second-order valence-corrected chi connectivity index (χ2v) is 8.58. The molecule has 1 aromatic heterocycles. The van der Waals surface area contributed by atoms with E-state index >= 15 is 0 Å². The van der Waals surface area contributed by atoms with E-state index in [1.165, 1.54) is 11.9 Å². The van der Waals surface area contributed by atoms with Gasteiger partial charge in [-0.1, -0.05) is 42.5 Å². The number of alkyl halides is 3. The summed E-state index contributed by atoms with van der Waals surface area (Å²) in [5.74, 6) is -2.89. The molecule has 1 unspecified atom stereocenters. The average molecular weight is 542 g/mol. The number of para-hydroxylation sites is 1. The van der Waals surface area contributed by atoms with Crippen LogP contribution in [0.1, 0.15) is 27.0 Å². The first-order valence-electron chi connectivity index (χ1n) is 11.3. The van der Waals surface area contributed by atoms with Crippen molar-refractivity contribution in [3.63, 3.8) is 0 Å². The van der Waals surface area contributed by atoms with E-state index in [4.69, 9.17) is 9.90 Å². The molecule has 0 saturated carbocycles. The molecule has 0 aliphatic carbocycles. The number of carbonyl (C=O) groups excluding carboxylic acids is 1. The number of carboxylic acid groups (broad SMARTS) is 2. The number of rotatable bonds is 3. The lowest BCUT2D eigenvalue weighted by molar-refractivity contribution is -0.192. The van der Waals surface area contributed by atoms with Crippen LogP contribution in [0.15, 0.2) is 66.7 Å². The zero-order valence-corrected chi connectivity index (χ0v) is 20.4. The number of aromatic amines is 1. The molecule has 10 nitrogen and oxygen atoms in total. The van der Waals surface area contributed by atoms with Crippen LogP contribution in [0.4, 0.5) is 29.6 Å². The molecule has 1 aliphatic rings. The largest absolute Gasteiger partial charge is 0.490 e. The summed E-state index contributed by atoms with van der Waals surface area (Å²) in [7, 11) is 1.39. The second-order valence-electron chi connectivity index (χ2n) is 8.58. The lowest BCUT2D eigenvalue weighted by atomic mass is 9.93. The highest BCUT2D eigenvalue weighted by atomic mass is 19.4. The normalized spacial score (nSPS) is 16.5. The first-order valence-corrected chi connectivity index (χ1v) is 11.3. The Kier molecular flexibility index (Phi) is 6.79. The third-order valence-electron chi connectivity index (χ3n) is 6.14. The van der Waals surface area contributed by atoms with Gasteiger partial charge in [0.05, 0.1) is 16.7 Å². The van der Waals surface area contributed by atoms with Crippen LogP contribution in [-0.2, 0) is 10.5 Å². The van der Waals surface area contributed by atoms with E-state index < -0.39 is 24.0 Å². The van der Waals surface area contributed by atoms with E-state index in [-0.39, 0.29) is 11.9 Å². The SMILES string of the molecule is Cc1ccccc1N1C(=O)c2ccccc2C1(O)c1ccc2nc(N(C)C(=O)O)[nH]c2c1.O=C(O)C(F)(F)F. The van der Waals surface area contributed by atoms with Gasteiger partial charge < -0.3 is 20.3 Å². The van der Waals surface area contributed by atoms with Crippen LogP contribution < -0.4 is 9.80 Å². The highest BCUT2D eigenvalue weighted by Gasteiger charge is 2.51. The molecule has 1 aliphatic heterocycles. The number of carboxylic acids is 1. The van der Waals surface area contributed by atoms with Crippen molar-refractivity contribution in [1.29, 1.82) is 0 Å². The number of fused-ring (bicyclic) bond motifs is 2. The van der Waals surface area contributed by atoms with Crippen molar-refractivity contribution in [3.8, 4) is 0 Å². The topological polar surface area (TPSA) is 147 Å². The summed E-state index contributed by atoms with van der Waals surface area (Å²) in [4.78, 5) is 43.3. The number of aryl methyl sites for hydroxylation is 1. The maximum absolute atomic E-state index is 13.4. The molecule has 5 rings (SSSR count). The summed E-state index contributed by atoms with van der Waals surface area (Å²) in [6.07, 6.45) is -6.23. The van der Waals surface area contributed by atoms with E-state index in [0.29, 0.717) is 33.4 Å². The number of nitrogens with zero attached hydrogens (tertiary/aromatic N) is 3. The maximum atomic E-state index is 13.4. The monoisotopic (exact) mass is 542 g/mol. The number of aliphatic hydroxyl groups is 1. The van der Waals surface area contributed by atoms with Crippen LogP contribution in [0.3, 0.4) is 0 Å². The third kappa shape index (κ3) is 4.75. The molecule has 2 heterocycles. The van der Waals surface area contributed by atoms with Crippen LogP contribution in [0.25, 0.3) is 11.0 Å². The van der Waals surface area contributed by atoms with Crippen LogP contribution in [0.5, 0.6) is 0 Å². The molecule has 4 aromatic rings. The zero-order valence-electron chi connectivity index (χ0n) is 20.4. The number of carbonyl (C=O) groups is 3. The number of aliphatic carboxylic acids is 1. The van der Waals surface area contributed by atoms with Crippen molar-refractivity contribution in [2.45, 2.75) is 18.8 Å². The minimum Gasteiger partial charge on any atom is -0.475 e. The Morgan fingerprint density at radius 3 is 2.26 bits per heavy atom. The van der Waals surface area contributed by atoms with Crippen molar-refractivity contribution in [3.05, 3.63) is 89.0 Å². The molecule has 3 aromatic carbocycles. The van der Waals surface area contributed by atoms with E-state index in [2.05, 4.69) is 9.97 Å². The fourth-order valence-corrected chi connectivity index (χ4v) is 4.21. The number of halogens is 3. The summed E-state index contributed by atoms with van der Waals surface area (Å²) < 4.78 is 31.7. The molecule has 0 fully saturated rings. The first-order chi connectivity index (χ1) is 18.3. The number of anilines is 2. The first kappa shape index (κ1) is 27.1. The summed E-state index contributed by atoms with van der Waals surface area (Å²) >= 11 is 0. The van der Waals surface area contributed by atoms with Crippen LogP contribution in [0.2, 0.25) is 0 Å². The molecular weight excluding hydrogens is 521 g/mol. The van der Waals surface area contributed by atoms with Gasteiger partial charge in [0.15, 0.2) is 5.72 Å². The standard InChI is InChI=1S/C24H20N4O4.C2HF3O2/c1-14-7-3-6-10-20(14)28-21(29)16-8-4-5-9-17(16)24(28,32)15-11-12-18-19(13-15)26-22(25-18)27(2)23(30)31;3-2(4,5)1(6)7/h3-13,32H,1-2H3,(H,25,26)(H,30,31);(H,6,7). The van der Waals surface area contributed by atoms with E-state index in [9.17, 15) is 33.0 Å². The van der Waals surface area contributed by atoms with Crippen molar-refractivity contribution >= 4 is 40.6 Å². The van der Waals surface area contributed by atoms with Gasteiger partial charge in [-0.15, -0.1) is 0 Å². The minimum absolute atomic E-state index is 0.162. The lowest BCUT2D eigenvalue weighted by Crippen LogP contribution is -2.45. The summed E-state index contributed by atoms with van der Waals surface area (Å²) in [6.45, 7) is 1.89. The number of aromatic nitrogens is 2. The fraction of sp³-hybridized carbons (Fsp3) is 0.154. The number of benzene rings is 3. The van der Waals surface area contributed by atoms with Gasteiger partial charge in [-0.05, 0) is 36.8 Å². The second kappa shape index (κ2) is 9.76. The molecule has 0 radical (unpaired) electrons. The molecule has 13 heteroatoms. The molecule has 0 spiro atoms. The van der Waals surface area contributed by atoms with Crippen LogP contribution in [-0.4, -0.2) is 56.5 Å². The van der Waals surface area contributed by atoms with Crippen molar-refractivity contribution in [2.75, 3.05) is 16.8 Å². The van der Waals surface area contributed by atoms with Gasteiger partial charge in [-0.3, -0.25) is 14.6 Å². The highest BCUT2D eigenvalue weighted by molar-refractivity contribution is 6.12. The predicted octanol–water partition coefficient (Wildman–Crippen LogP) is 4.47. The quantitative estimate of drug-likeness (QED) is 0.299. The molecule has 202 valence electrons. The van der Waals surface area contributed by atoms with Gasteiger partial charge in [0.1, 0.15) is 0 Å². The Morgan fingerprint density at radius 2 is 1.64 bits per heavy atom. The minimum atomic E-state index is -5.08. The summed E-state index contributed by atoms with van der Waals surface area (Å²) in [5.41, 5.74) is 2.15. The average Bonchev–Trinajstić information content (AvgIpc) is 3.41. The maximum Gasteiger partial charge on any atom is 0.490 e. The molecule has 39 heavy (non-hydrogen) atoms. The summed E-state index contributed by atoms with van der Waals surface area (Å²) in [5, 5.41) is 28.5. The Bertz CT molecular complexity index is 1600. The van der Waals surface area contributed by atoms with Crippen molar-refractivity contribution in [1.82, 2.24) is 9.97 Å². The molecule has 0 bridgehead atoms.